The largest absolute Gasteiger partial charge is 0.311 e. The summed E-state index contributed by atoms with van der Waals surface area (Å²) in [6.45, 7) is 0. The number of fused-ring (bicyclic) bond motifs is 1. The summed E-state index contributed by atoms with van der Waals surface area (Å²) in [7, 11) is -0.544. The Hall–Kier alpha value is -0.670. The fraction of sp³-hybridized carbons (Fsp3) is 0.600. The molecule has 1 saturated heterocycles. The number of hydrogen-bond donors (Lipinski definition) is 1. The maximum Gasteiger partial charge on any atom is 0.0249 e. The molecule has 1 aliphatic heterocycles. The lowest BCUT2D eigenvalue weighted by molar-refractivity contribution is 0.375. The highest BCUT2D eigenvalue weighted by molar-refractivity contribution is 7.85. The van der Waals surface area contributed by atoms with Crippen molar-refractivity contribution in [2.45, 2.75) is 44.2 Å². The molecular formula is C15H21NOS. The van der Waals surface area contributed by atoms with E-state index in [1.807, 2.05) is 0 Å². The average molecular weight is 263 g/mol. The molecule has 18 heavy (non-hydrogen) atoms. The maximum atomic E-state index is 11.3. The fourth-order valence-corrected chi connectivity index (χ4v) is 4.43. The molecule has 3 heteroatoms. The Bertz CT molecular complexity index is 436. The molecule has 1 atom stereocenters. The van der Waals surface area contributed by atoms with Crippen molar-refractivity contribution in [1.82, 2.24) is 5.32 Å². The van der Waals surface area contributed by atoms with Crippen LogP contribution in [0.4, 0.5) is 0 Å². The van der Waals surface area contributed by atoms with Crippen LogP contribution in [0.1, 0.15) is 30.4 Å². The van der Waals surface area contributed by atoms with Gasteiger partial charge in [-0.05, 0) is 43.2 Å². The zero-order valence-corrected chi connectivity index (χ0v) is 11.5. The van der Waals surface area contributed by atoms with Crippen LogP contribution in [0.3, 0.4) is 0 Å². The topological polar surface area (TPSA) is 29.1 Å². The van der Waals surface area contributed by atoms with Crippen LogP contribution in [0.2, 0.25) is 0 Å². The quantitative estimate of drug-likeness (QED) is 0.885. The van der Waals surface area contributed by atoms with E-state index in [1.54, 1.807) is 0 Å². The van der Waals surface area contributed by atoms with Gasteiger partial charge in [0.25, 0.3) is 0 Å². The Morgan fingerprint density at radius 2 is 1.72 bits per heavy atom. The number of aryl methyl sites for hydroxylation is 1. The van der Waals surface area contributed by atoms with E-state index in [0.717, 1.165) is 30.8 Å². The second kappa shape index (κ2) is 5.54. The van der Waals surface area contributed by atoms with Gasteiger partial charge in [0.05, 0.1) is 0 Å². The van der Waals surface area contributed by atoms with Gasteiger partial charge in [0.2, 0.25) is 0 Å². The molecule has 0 aromatic heterocycles. The first-order valence-corrected chi connectivity index (χ1v) is 8.48. The lowest BCUT2D eigenvalue weighted by Crippen LogP contribution is -2.44. The van der Waals surface area contributed by atoms with Crippen molar-refractivity contribution in [3.8, 4) is 0 Å². The third-order valence-electron chi connectivity index (χ3n) is 4.21. The summed E-state index contributed by atoms with van der Waals surface area (Å²) >= 11 is 0. The van der Waals surface area contributed by atoms with Gasteiger partial charge in [-0.1, -0.05) is 24.3 Å². The minimum Gasteiger partial charge on any atom is -0.311 e. The number of nitrogens with one attached hydrogen (secondary N) is 1. The molecule has 0 amide bonds. The van der Waals surface area contributed by atoms with Gasteiger partial charge in [0.1, 0.15) is 0 Å². The highest BCUT2D eigenvalue weighted by atomic mass is 32.2. The van der Waals surface area contributed by atoms with Crippen LogP contribution in [-0.4, -0.2) is 27.8 Å². The molecule has 3 rings (SSSR count). The normalized spacial score (nSPS) is 31.9. The van der Waals surface area contributed by atoms with Crippen LogP contribution < -0.4 is 5.32 Å². The summed E-state index contributed by atoms with van der Waals surface area (Å²) in [6.07, 6.45) is 5.79. The van der Waals surface area contributed by atoms with Gasteiger partial charge in [0.15, 0.2) is 0 Å². The molecule has 1 unspecified atom stereocenters. The molecule has 1 fully saturated rings. The van der Waals surface area contributed by atoms with Gasteiger partial charge in [-0.25, -0.2) is 0 Å². The molecule has 1 aromatic carbocycles. The van der Waals surface area contributed by atoms with Gasteiger partial charge in [0, 0.05) is 34.4 Å². The van der Waals surface area contributed by atoms with E-state index in [4.69, 9.17) is 0 Å². The molecule has 1 aromatic rings. The van der Waals surface area contributed by atoms with Crippen LogP contribution in [-0.2, 0) is 23.6 Å². The van der Waals surface area contributed by atoms with Gasteiger partial charge in [-0.15, -0.1) is 0 Å². The van der Waals surface area contributed by atoms with E-state index in [-0.39, 0.29) is 0 Å². The fourth-order valence-electron chi connectivity index (χ4n) is 3.13. The summed E-state index contributed by atoms with van der Waals surface area (Å²) in [5.41, 5.74) is 3.04. The molecule has 1 N–H and O–H groups in total. The molecule has 1 aliphatic carbocycles. The van der Waals surface area contributed by atoms with Gasteiger partial charge >= 0.3 is 0 Å². The Morgan fingerprint density at radius 3 is 2.50 bits per heavy atom. The first kappa shape index (κ1) is 12.4. The maximum absolute atomic E-state index is 11.3. The van der Waals surface area contributed by atoms with Crippen molar-refractivity contribution >= 4 is 10.8 Å². The molecule has 0 spiro atoms. The third kappa shape index (κ3) is 2.83. The molecule has 2 nitrogen and oxygen atoms in total. The Labute approximate surface area is 112 Å². The Morgan fingerprint density at radius 1 is 1.00 bits per heavy atom. The minimum absolute atomic E-state index is 0.544. The van der Waals surface area contributed by atoms with Crippen molar-refractivity contribution < 1.29 is 4.21 Å². The lowest BCUT2D eigenvalue weighted by Gasteiger charge is -2.31. The van der Waals surface area contributed by atoms with E-state index in [0.29, 0.717) is 12.1 Å². The van der Waals surface area contributed by atoms with Crippen molar-refractivity contribution in [2.75, 3.05) is 11.5 Å². The molecule has 2 aliphatic rings. The van der Waals surface area contributed by atoms with Gasteiger partial charge in [-0.2, -0.15) is 0 Å². The van der Waals surface area contributed by atoms with Crippen molar-refractivity contribution in [3.63, 3.8) is 0 Å². The second-order valence-corrected chi connectivity index (χ2v) is 7.19. The standard InChI is InChI=1S/C15H21NOS/c17-18-9-7-14(8-10-18)16-15-6-5-12-3-1-2-4-13(12)11-15/h1-4,14-16H,5-11H2. The first-order valence-electron chi connectivity index (χ1n) is 6.99. The zero-order chi connectivity index (χ0) is 12.4. The summed E-state index contributed by atoms with van der Waals surface area (Å²) in [4.78, 5) is 0. The monoisotopic (exact) mass is 263 g/mol. The molecular weight excluding hydrogens is 242 g/mol. The lowest BCUT2D eigenvalue weighted by atomic mass is 9.88. The number of hydrogen-bond acceptors (Lipinski definition) is 2. The Kier molecular flexibility index (Phi) is 3.80. The second-order valence-electron chi connectivity index (χ2n) is 5.50. The molecule has 0 saturated carbocycles. The highest BCUT2D eigenvalue weighted by Crippen LogP contribution is 2.22. The minimum atomic E-state index is -0.544. The van der Waals surface area contributed by atoms with Crippen LogP contribution in [0, 0.1) is 0 Å². The van der Waals surface area contributed by atoms with E-state index in [2.05, 4.69) is 29.6 Å². The molecule has 1 heterocycles. The highest BCUT2D eigenvalue weighted by Gasteiger charge is 2.23. The van der Waals surface area contributed by atoms with E-state index >= 15 is 0 Å². The van der Waals surface area contributed by atoms with Gasteiger partial charge in [-0.3, -0.25) is 4.21 Å². The van der Waals surface area contributed by atoms with E-state index in [9.17, 15) is 4.21 Å². The Balaban J connectivity index is 1.58. The smallest absolute Gasteiger partial charge is 0.0249 e. The van der Waals surface area contributed by atoms with Gasteiger partial charge < -0.3 is 5.32 Å². The molecule has 0 radical (unpaired) electrons. The number of rotatable bonds is 2. The number of benzene rings is 1. The average Bonchev–Trinajstić information content (AvgIpc) is 2.41. The predicted octanol–water partition coefficient (Wildman–Crippen LogP) is 2.04. The summed E-state index contributed by atoms with van der Waals surface area (Å²) in [5.74, 6) is 1.78. The van der Waals surface area contributed by atoms with E-state index < -0.39 is 10.8 Å². The van der Waals surface area contributed by atoms with Crippen LogP contribution in [0.25, 0.3) is 0 Å². The summed E-state index contributed by atoms with van der Waals surface area (Å²) in [6, 6.07) is 10.0. The van der Waals surface area contributed by atoms with Crippen molar-refractivity contribution in [2.24, 2.45) is 0 Å². The van der Waals surface area contributed by atoms with Crippen LogP contribution in [0.5, 0.6) is 0 Å². The van der Waals surface area contributed by atoms with Crippen molar-refractivity contribution in [3.05, 3.63) is 35.4 Å². The first-order chi connectivity index (χ1) is 8.81. The zero-order valence-electron chi connectivity index (χ0n) is 10.7. The third-order valence-corrected chi connectivity index (χ3v) is 5.59. The predicted molar refractivity (Wildman–Crippen MR) is 76.3 cm³/mol. The molecule has 0 bridgehead atoms. The van der Waals surface area contributed by atoms with Crippen LogP contribution >= 0.6 is 0 Å². The van der Waals surface area contributed by atoms with Crippen molar-refractivity contribution in [1.29, 1.82) is 0 Å². The SMILES string of the molecule is O=S1CCC(NC2CCc3ccccc3C2)CC1. The van der Waals surface area contributed by atoms with E-state index in [1.165, 1.54) is 24.0 Å². The summed E-state index contributed by atoms with van der Waals surface area (Å²) < 4.78 is 11.3. The van der Waals surface area contributed by atoms with Crippen LogP contribution in [0.15, 0.2) is 24.3 Å². The summed E-state index contributed by atoms with van der Waals surface area (Å²) in [5, 5.41) is 3.78. The molecule has 98 valence electrons.